The van der Waals surface area contributed by atoms with Crippen LogP contribution in [0.2, 0.25) is 5.15 Å². The van der Waals surface area contributed by atoms with Crippen molar-refractivity contribution >= 4 is 46.9 Å². The molecule has 1 N–H and O–H groups in total. The zero-order chi connectivity index (χ0) is 11.3. The Morgan fingerprint density at radius 3 is 2.80 bits per heavy atom. The molecule has 0 unspecified atom stereocenters. The monoisotopic (exact) mass is 265 g/mol. The summed E-state index contributed by atoms with van der Waals surface area (Å²) in [4.78, 5) is 18.2. The minimum Gasteiger partial charge on any atom is -0.366 e. The standard InChI is InChI=1S/C8H6Cl3N3O/c9-6(10)1-2-12-8-5(3-15)7(11)13-4-14-8/h1,3-4H,2H2,(H,12,13,14). The van der Waals surface area contributed by atoms with Gasteiger partial charge in [-0.2, -0.15) is 0 Å². The highest BCUT2D eigenvalue weighted by Gasteiger charge is 2.07. The molecule has 1 heterocycles. The summed E-state index contributed by atoms with van der Waals surface area (Å²) in [5, 5.41) is 2.92. The van der Waals surface area contributed by atoms with E-state index in [4.69, 9.17) is 34.8 Å². The molecule has 15 heavy (non-hydrogen) atoms. The largest absolute Gasteiger partial charge is 0.366 e. The molecule has 1 rings (SSSR count). The van der Waals surface area contributed by atoms with E-state index in [-0.39, 0.29) is 15.2 Å². The van der Waals surface area contributed by atoms with Gasteiger partial charge in [0, 0.05) is 6.54 Å². The van der Waals surface area contributed by atoms with Crippen molar-refractivity contribution in [1.82, 2.24) is 9.97 Å². The van der Waals surface area contributed by atoms with Crippen molar-refractivity contribution < 1.29 is 4.79 Å². The summed E-state index contributed by atoms with van der Waals surface area (Å²) in [6.07, 6.45) is 3.36. The first-order valence-corrected chi connectivity index (χ1v) is 4.99. The number of nitrogens with zero attached hydrogens (tertiary/aromatic N) is 2. The van der Waals surface area contributed by atoms with Gasteiger partial charge in [0.05, 0.1) is 5.56 Å². The van der Waals surface area contributed by atoms with E-state index in [1.54, 1.807) is 0 Å². The second kappa shape index (κ2) is 5.90. The van der Waals surface area contributed by atoms with Crippen molar-refractivity contribution in [2.75, 3.05) is 11.9 Å². The lowest BCUT2D eigenvalue weighted by Crippen LogP contribution is -2.05. The molecule has 0 spiro atoms. The van der Waals surface area contributed by atoms with Crippen LogP contribution in [0.15, 0.2) is 16.9 Å². The molecule has 0 bridgehead atoms. The van der Waals surface area contributed by atoms with Crippen LogP contribution in [0, 0.1) is 0 Å². The molecule has 7 heteroatoms. The molecule has 0 aliphatic rings. The Morgan fingerprint density at radius 2 is 2.20 bits per heavy atom. The molecule has 1 aromatic rings. The summed E-state index contributed by atoms with van der Waals surface area (Å²) >= 11 is 16.5. The molecule has 4 nitrogen and oxygen atoms in total. The number of nitrogens with one attached hydrogen (secondary N) is 1. The zero-order valence-electron chi connectivity index (χ0n) is 7.38. The van der Waals surface area contributed by atoms with Gasteiger partial charge < -0.3 is 5.32 Å². The number of carbonyl (C=O) groups is 1. The minimum absolute atomic E-state index is 0.100. The third-order valence-corrected chi connectivity index (χ3v) is 2.09. The molecule has 0 aromatic carbocycles. The van der Waals surface area contributed by atoms with Crippen LogP contribution in [0.3, 0.4) is 0 Å². The van der Waals surface area contributed by atoms with Crippen LogP contribution in [-0.2, 0) is 0 Å². The fourth-order valence-corrected chi connectivity index (χ4v) is 1.18. The summed E-state index contributed by atoms with van der Waals surface area (Å²) in [6, 6.07) is 0. The molecular weight excluding hydrogens is 260 g/mol. The van der Waals surface area contributed by atoms with Crippen LogP contribution >= 0.6 is 34.8 Å². The van der Waals surface area contributed by atoms with Crippen molar-refractivity contribution in [3.8, 4) is 0 Å². The quantitative estimate of drug-likeness (QED) is 0.672. The summed E-state index contributed by atoms with van der Waals surface area (Å²) in [5.74, 6) is 0.343. The summed E-state index contributed by atoms with van der Waals surface area (Å²) < 4.78 is 0.135. The van der Waals surface area contributed by atoms with Crippen molar-refractivity contribution in [2.24, 2.45) is 0 Å². The Hall–Kier alpha value is -0.840. The van der Waals surface area contributed by atoms with Gasteiger partial charge in [0.2, 0.25) is 0 Å². The zero-order valence-corrected chi connectivity index (χ0v) is 9.64. The summed E-state index contributed by atoms with van der Waals surface area (Å²) in [5.41, 5.74) is 0.207. The first kappa shape index (κ1) is 12.2. The third-order valence-electron chi connectivity index (χ3n) is 1.48. The number of aromatic nitrogens is 2. The maximum atomic E-state index is 10.7. The number of aldehydes is 1. The highest BCUT2D eigenvalue weighted by Crippen LogP contribution is 2.17. The van der Waals surface area contributed by atoms with E-state index in [9.17, 15) is 4.79 Å². The number of rotatable bonds is 4. The van der Waals surface area contributed by atoms with E-state index in [2.05, 4.69) is 15.3 Å². The van der Waals surface area contributed by atoms with Crippen molar-refractivity contribution in [1.29, 1.82) is 0 Å². The highest BCUT2D eigenvalue weighted by atomic mass is 35.5. The highest BCUT2D eigenvalue weighted by molar-refractivity contribution is 6.55. The van der Waals surface area contributed by atoms with Crippen LogP contribution in [0.5, 0.6) is 0 Å². The fourth-order valence-electron chi connectivity index (χ4n) is 0.844. The molecule has 0 aliphatic carbocycles. The molecule has 0 amide bonds. The maximum absolute atomic E-state index is 10.7. The van der Waals surface area contributed by atoms with E-state index in [0.29, 0.717) is 18.6 Å². The van der Waals surface area contributed by atoms with Gasteiger partial charge in [0.15, 0.2) is 6.29 Å². The van der Waals surface area contributed by atoms with Gasteiger partial charge >= 0.3 is 0 Å². The second-order valence-corrected chi connectivity index (χ2v) is 3.79. The first-order valence-electron chi connectivity index (χ1n) is 3.86. The van der Waals surface area contributed by atoms with Crippen LogP contribution in [0.25, 0.3) is 0 Å². The molecule has 0 radical (unpaired) electrons. The predicted octanol–water partition coefficient (Wildman–Crippen LogP) is 2.67. The average molecular weight is 267 g/mol. The normalized spacial score (nSPS) is 9.53. The van der Waals surface area contributed by atoms with Crippen LogP contribution in [-0.4, -0.2) is 22.8 Å². The Morgan fingerprint density at radius 1 is 1.47 bits per heavy atom. The maximum Gasteiger partial charge on any atom is 0.156 e. The number of halogens is 3. The van der Waals surface area contributed by atoms with E-state index in [1.165, 1.54) is 12.4 Å². The molecule has 0 saturated heterocycles. The van der Waals surface area contributed by atoms with Gasteiger partial charge in [0.25, 0.3) is 0 Å². The van der Waals surface area contributed by atoms with E-state index >= 15 is 0 Å². The van der Waals surface area contributed by atoms with Gasteiger partial charge in [-0.3, -0.25) is 4.79 Å². The third kappa shape index (κ3) is 3.66. The van der Waals surface area contributed by atoms with E-state index in [0.717, 1.165) is 0 Å². The van der Waals surface area contributed by atoms with Gasteiger partial charge in [-0.25, -0.2) is 9.97 Å². The number of anilines is 1. The Kier molecular flexibility index (Phi) is 4.81. The minimum atomic E-state index is 0.100. The number of hydrogen-bond donors (Lipinski definition) is 1. The summed E-state index contributed by atoms with van der Waals surface area (Å²) in [6.45, 7) is 0.344. The van der Waals surface area contributed by atoms with Gasteiger partial charge in [-0.05, 0) is 6.08 Å². The van der Waals surface area contributed by atoms with E-state index < -0.39 is 0 Å². The fraction of sp³-hybridized carbons (Fsp3) is 0.125. The smallest absolute Gasteiger partial charge is 0.156 e. The van der Waals surface area contributed by atoms with E-state index in [1.807, 2.05) is 0 Å². The Labute approximate surface area is 101 Å². The molecule has 0 aliphatic heterocycles. The van der Waals surface area contributed by atoms with Gasteiger partial charge in [-0.15, -0.1) is 0 Å². The predicted molar refractivity (Wildman–Crippen MR) is 60.7 cm³/mol. The SMILES string of the molecule is O=Cc1c(Cl)ncnc1NCC=C(Cl)Cl. The van der Waals surface area contributed by atoms with Gasteiger partial charge in [0.1, 0.15) is 21.8 Å². The van der Waals surface area contributed by atoms with Crippen molar-refractivity contribution in [2.45, 2.75) is 0 Å². The Bertz CT molecular complexity index is 391. The molecule has 0 saturated carbocycles. The van der Waals surface area contributed by atoms with Crippen LogP contribution in [0.4, 0.5) is 5.82 Å². The average Bonchev–Trinajstić information content (AvgIpc) is 2.17. The lowest BCUT2D eigenvalue weighted by Gasteiger charge is -2.05. The lowest BCUT2D eigenvalue weighted by atomic mass is 10.3. The lowest BCUT2D eigenvalue weighted by molar-refractivity contribution is 0.112. The topological polar surface area (TPSA) is 54.9 Å². The Balaban J connectivity index is 2.81. The molecule has 80 valence electrons. The van der Waals surface area contributed by atoms with Crippen LogP contribution in [0.1, 0.15) is 10.4 Å². The molecule has 0 atom stereocenters. The molecular formula is C8H6Cl3N3O. The second-order valence-electron chi connectivity index (χ2n) is 2.42. The van der Waals surface area contributed by atoms with Crippen LogP contribution < -0.4 is 5.32 Å². The number of carbonyl (C=O) groups excluding carboxylic acids is 1. The number of hydrogen-bond acceptors (Lipinski definition) is 4. The van der Waals surface area contributed by atoms with Crippen molar-refractivity contribution in [3.05, 3.63) is 27.6 Å². The molecule has 0 fully saturated rings. The van der Waals surface area contributed by atoms with Gasteiger partial charge in [-0.1, -0.05) is 34.8 Å². The molecule has 1 aromatic heterocycles. The first-order chi connectivity index (χ1) is 7.15. The summed E-state index contributed by atoms with van der Waals surface area (Å²) in [7, 11) is 0. The van der Waals surface area contributed by atoms with Crippen molar-refractivity contribution in [3.63, 3.8) is 0 Å².